The highest BCUT2D eigenvalue weighted by Gasteiger charge is 2.18. The van der Waals surface area contributed by atoms with Crippen LogP contribution >= 0.6 is 0 Å². The first kappa shape index (κ1) is 13.3. The molecular weight excluding hydrogens is 231 g/mol. The van der Waals surface area contributed by atoms with Crippen LogP contribution in [0.15, 0.2) is 12.1 Å². The van der Waals surface area contributed by atoms with Crippen LogP contribution in [0.3, 0.4) is 0 Å². The Morgan fingerprint density at radius 1 is 1.39 bits per heavy atom. The molecule has 1 unspecified atom stereocenters. The predicted molar refractivity (Wildman–Crippen MR) is 70.2 cm³/mol. The molecule has 0 saturated carbocycles. The monoisotopic (exact) mass is 252 g/mol. The molecule has 1 atom stereocenters. The second kappa shape index (κ2) is 5.67. The van der Waals surface area contributed by atoms with Gasteiger partial charge in [0.15, 0.2) is 0 Å². The van der Waals surface area contributed by atoms with Crippen LogP contribution in [0.25, 0.3) is 0 Å². The molecule has 1 fully saturated rings. The number of hydrogen-bond donors (Lipinski definition) is 2. The van der Waals surface area contributed by atoms with Crippen molar-refractivity contribution in [2.75, 3.05) is 20.6 Å². The zero-order chi connectivity index (χ0) is 13.1. The highest BCUT2D eigenvalue weighted by Crippen LogP contribution is 2.27. The summed E-state index contributed by atoms with van der Waals surface area (Å²) >= 11 is 0. The molecule has 1 aromatic rings. The highest BCUT2D eigenvalue weighted by molar-refractivity contribution is 5.41. The van der Waals surface area contributed by atoms with E-state index < -0.39 is 0 Å². The van der Waals surface area contributed by atoms with Gasteiger partial charge in [0.05, 0.1) is 0 Å². The normalized spacial score (nSPS) is 19.7. The Kier molecular flexibility index (Phi) is 4.19. The first-order valence-electron chi connectivity index (χ1n) is 6.44. The van der Waals surface area contributed by atoms with Crippen LogP contribution in [0.4, 0.5) is 4.39 Å². The van der Waals surface area contributed by atoms with Gasteiger partial charge in [-0.15, -0.1) is 0 Å². The van der Waals surface area contributed by atoms with Gasteiger partial charge in [-0.1, -0.05) is 0 Å². The SMILES string of the molecule is CN(C)Cc1cc(F)cc(CC2CCCN2)c1O. The highest BCUT2D eigenvalue weighted by atomic mass is 19.1. The molecule has 0 aromatic heterocycles. The molecule has 4 heteroatoms. The van der Waals surface area contributed by atoms with E-state index in [1.54, 1.807) is 0 Å². The van der Waals surface area contributed by atoms with E-state index in [2.05, 4.69) is 5.32 Å². The molecule has 2 N–H and O–H groups in total. The number of rotatable bonds is 4. The van der Waals surface area contributed by atoms with Gasteiger partial charge in [0.25, 0.3) is 0 Å². The molecule has 2 rings (SSSR count). The standard InChI is InChI=1S/C14H21FN2O/c1-17(2)9-11-7-12(15)6-10(14(11)18)8-13-4-3-5-16-13/h6-7,13,16,18H,3-5,8-9H2,1-2H3. The first-order valence-corrected chi connectivity index (χ1v) is 6.44. The van der Waals surface area contributed by atoms with Gasteiger partial charge >= 0.3 is 0 Å². The van der Waals surface area contributed by atoms with Crippen LogP contribution in [0.5, 0.6) is 5.75 Å². The molecule has 0 amide bonds. The number of phenols is 1. The van der Waals surface area contributed by atoms with Gasteiger partial charge in [0.1, 0.15) is 11.6 Å². The third-order valence-corrected chi connectivity index (χ3v) is 3.35. The number of phenolic OH excluding ortho intramolecular Hbond substituents is 1. The molecule has 18 heavy (non-hydrogen) atoms. The molecule has 1 heterocycles. The quantitative estimate of drug-likeness (QED) is 0.859. The summed E-state index contributed by atoms with van der Waals surface area (Å²) < 4.78 is 13.6. The molecule has 3 nitrogen and oxygen atoms in total. The molecule has 1 aliphatic rings. The average Bonchev–Trinajstić information content (AvgIpc) is 2.77. The summed E-state index contributed by atoms with van der Waals surface area (Å²) in [4.78, 5) is 1.92. The maximum atomic E-state index is 13.6. The largest absolute Gasteiger partial charge is 0.507 e. The minimum absolute atomic E-state index is 0.249. The number of nitrogens with one attached hydrogen (secondary N) is 1. The maximum absolute atomic E-state index is 13.6. The summed E-state index contributed by atoms with van der Waals surface area (Å²) in [6, 6.07) is 3.24. The number of hydrogen-bond acceptors (Lipinski definition) is 3. The Labute approximate surface area is 108 Å². The van der Waals surface area contributed by atoms with Crippen LogP contribution < -0.4 is 5.32 Å². The number of halogens is 1. The minimum atomic E-state index is -0.266. The van der Waals surface area contributed by atoms with E-state index in [0.717, 1.165) is 19.4 Å². The summed E-state index contributed by atoms with van der Waals surface area (Å²) in [5, 5.41) is 13.6. The summed E-state index contributed by atoms with van der Waals surface area (Å²) in [5.41, 5.74) is 1.37. The molecule has 0 aliphatic carbocycles. The van der Waals surface area contributed by atoms with Gasteiger partial charge in [-0.3, -0.25) is 0 Å². The molecule has 100 valence electrons. The van der Waals surface area contributed by atoms with Crippen molar-refractivity contribution in [3.63, 3.8) is 0 Å². The lowest BCUT2D eigenvalue weighted by Gasteiger charge is -2.16. The van der Waals surface area contributed by atoms with Crippen molar-refractivity contribution in [3.8, 4) is 5.75 Å². The van der Waals surface area contributed by atoms with E-state index in [-0.39, 0.29) is 11.6 Å². The Bertz CT molecular complexity index is 415. The maximum Gasteiger partial charge on any atom is 0.124 e. The van der Waals surface area contributed by atoms with Crippen LogP contribution in [0, 0.1) is 5.82 Å². The summed E-state index contributed by atoms with van der Waals surface area (Å²) in [6.07, 6.45) is 2.95. The fourth-order valence-electron chi connectivity index (χ4n) is 2.53. The Hall–Kier alpha value is -1.13. The van der Waals surface area contributed by atoms with E-state index >= 15 is 0 Å². The fourth-order valence-corrected chi connectivity index (χ4v) is 2.53. The van der Waals surface area contributed by atoms with Gasteiger partial charge < -0.3 is 15.3 Å². The fraction of sp³-hybridized carbons (Fsp3) is 0.571. The smallest absolute Gasteiger partial charge is 0.124 e. The van der Waals surface area contributed by atoms with Crippen molar-refractivity contribution >= 4 is 0 Å². The van der Waals surface area contributed by atoms with E-state index in [1.165, 1.54) is 12.1 Å². The third-order valence-electron chi connectivity index (χ3n) is 3.35. The molecule has 1 saturated heterocycles. The van der Waals surface area contributed by atoms with Gasteiger partial charge in [-0.05, 0) is 57.6 Å². The van der Waals surface area contributed by atoms with Crippen molar-refractivity contribution in [1.82, 2.24) is 10.2 Å². The Balaban J connectivity index is 2.20. The summed E-state index contributed by atoms with van der Waals surface area (Å²) in [5.74, 6) is -0.0172. The lowest BCUT2D eigenvalue weighted by Crippen LogP contribution is -2.24. The Morgan fingerprint density at radius 2 is 2.11 bits per heavy atom. The van der Waals surface area contributed by atoms with Crippen molar-refractivity contribution in [1.29, 1.82) is 0 Å². The van der Waals surface area contributed by atoms with Gasteiger partial charge in [-0.25, -0.2) is 4.39 Å². The zero-order valence-corrected chi connectivity index (χ0v) is 11.0. The molecule has 1 aromatic carbocycles. The molecule has 0 bridgehead atoms. The van der Waals surface area contributed by atoms with E-state index in [4.69, 9.17) is 0 Å². The third kappa shape index (κ3) is 3.21. The van der Waals surface area contributed by atoms with E-state index in [1.807, 2.05) is 19.0 Å². The van der Waals surface area contributed by atoms with Crippen molar-refractivity contribution in [3.05, 3.63) is 29.1 Å². The van der Waals surface area contributed by atoms with Gasteiger partial charge in [0.2, 0.25) is 0 Å². The van der Waals surface area contributed by atoms with Gasteiger partial charge in [0, 0.05) is 18.2 Å². The van der Waals surface area contributed by atoms with Gasteiger partial charge in [-0.2, -0.15) is 0 Å². The number of aromatic hydroxyl groups is 1. The van der Waals surface area contributed by atoms with E-state index in [0.29, 0.717) is 30.1 Å². The van der Waals surface area contributed by atoms with Crippen molar-refractivity contribution in [2.45, 2.75) is 31.8 Å². The van der Waals surface area contributed by atoms with E-state index in [9.17, 15) is 9.50 Å². The lowest BCUT2D eigenvalue weighted by atomic mass is 10.0. The second-order valence-corrected chi connectivity index (χ2v) is 5.31. The summed E-state index contributed by atoms with van der Waals surface area (Å²) in [6.45, 7) is 1.57. The van der Waals surface area contributed by atoms with Crippen molar-refractivity contribution < 1.29 is 9.50 Å². The summed E-state index contributed by atoms with van der Waals surface area (Å²) in [7, 11) is 3.81. The van der Waals surface area contributed by atoms with Crippen LogP contribution in [-0.2, 0) is 13.0 Å². The number of nitrogens with zero attached hydrogens (tertiary/aromatic N) is 1. The Morgan fingerprint density at radius 3 is 2.72 bits per heavy atom. The first-order chi connectivity index (χ1) is 8.56. The molecule has 1 aliphatic heterocycles. The minimum Gasteiger partial charge on any atom is -0.507 e. The molecule has 0 radical (unpaired) electrons. The van der Waals surface area contributed by atoms with Crippen molar-refractivity contribution in [2.24, 2.45) is 0 Å². The number of benzene rings is 1. The van der Waals surface area contributed by atoms with Crippen LogP contribution in [0.1, 0.15) is 24.0 Å². The second-order valence-electron chi connectivity index (χ2n) is 5.31. The lowest BCUT2D eigenvalue weighted by molar-refractivity contribution is 0.381. The zero-order valence-electron chi connectivity index (χ0n) is 11.0. The molecule has 0 spiro atoms. The molecular formula is C14H21FN2O. The van der Waals surface area contributed by atoms with Crippen LogP contribution in [0.2, 0.25) is 0 Å². The predicted octanol–water partition coefficient (Wildman–Crippen LogP) is 1.89. The average molecular weight is 252 g/mol. The topological polar surface area (TPSA) is 35.5 Å². The van der Waals surface area contributed by atoms with Crippen LogP contribution in [-0.4, -0.2) is 36.7 Å².